The molecule has 0 aromatic carbocycles. The SMILES string of the molecule is NC(=O)CONC(=O)[C@H]1CC[C@H]2CN1C(=O)N2OS(=O)(=O)O. The summed E-state index contributed by atoms with van der Waals surface area (Å²) in [6.07, 6.45) is 0.513. The number of hydrogen-bond acceptors (Lipinski definition) is 7. The molecule has 2 rings (SSSR count). The molecule has 4 amide bonds. The Bertz CT molecular complexity index is 592. The number of primary amides is 1. The molecule has 22 heavy (non-hydrogen) atoms. The number of hydroxylamine groups is 3. The third-order valence-electron chi connectivity index (χ3n) is 3.19. The number of nitrogens with zero attached hydrogens (tertiary/aromatic N) is 2. The van der Waals surface area contributed by atoms with Gasteiger partial charge in [0.25, 0.3) is 5.91 Å². The maximum Gasteiger partial charge on any atom is 0.418 e. The van der Waals surface area contributed by atoms with Gasteiger partial charge < -0.3 is 10.6 Å². The van der Waals surface area contributed by atoms with Crippen molar-refractivity contribution in [2.45, 2.75) is 24.9 Å². The van der Waals surface area contributed by atoms with Crippen molar-refractivity contribution in [3.8, 4) is 0 Å². The lowest BCUT2D eigenvalue weighted by molar-refractivity contribution is -0.142. The summed E-state index contributed by atoms with van der Waals surface area (Å²) >= 11 is 0. The van der Waals surface area contributed by atoms with Crippen LogP contribution in [0.4, 0.5) is 4.79 Å². The molecular weight excluding hydrogens is 324 g/mol. The molecule has 2 saturated heterocycles. The second kappa shape index (κ2) is 6.04. The fourth-order valence-corrected chi connectivity index (χ4v) is 2.74. The van der Waals surface area contributed by atoms with E-state index < -0.39 is 46.9 Å². The van der Waals surface area contributed by atoms with Crippen LogP contribution in [0.15, 0.2) is 0 Å². The maximum atomic E-state index is 12.0. The highest BCUT2D eigenvalue weighted by molar-refractivity contribution is 7.80. The van der Waals surface area contributed by atoms with Gasteiger partial charge in [-0.25, -0.2) is 10.3 Å². The minimum Gasteiger partial charge on any atom is -0.368 e. The average Bonchev–Trinajstić information content (AvgIpc) is 2.62. The van der Waals surface area contributed by atoms with E-state index in [2.05, 4.69) is 9.12 Å². The minimum absolute atomic E-state index is 0.0578. The summed E-state index contributed by atoms with van der Waals surface area (Å²) in [5, 5.41) is 0.521. The summed E-state index contributed by atoms with van der Waals surface area (Å²) in [6, 6.07) is -2.37. The fourth-order valence-electron chi connectivity index (χ4n) is 2.35. The average molecular weight is 338 g/mol. The lowest BCUT2D eigenvalue weighted by Crippen LogP contribution is -2.50. The molecule has 124 valence electrons. The van der Waals surface area contributed by atoms with Gasteiger partial charge in [0.15, 0.2) is 6.61 Å². The normalized spacial score (nSPS) is 24.5. The van der Waals surface area contributed by atoms with Gasteiger partial charge in [-0.05, 0) is 12.8 Å². The number of carbonyl (C=O) groups excluding carboxylic acids is 3. The first-order valence-corrected chi connectivity index (χ1v) is 7.52. The van der Waals surface area contributed by atoms with Gasteiger partial charge in [-0.1, -0.05) is 0 Å². The number of piperidine rings is 1. The minimum atomic E-state index is -4.84. The Labute approximate surface area is 125 Å². The third-order valence-corrected chi connectivity index (χ3v) is 3.54. The molecule has 2 atom stereocenters. The fraction of sp³-hybridized carbons (Fsp3) is 0.667. The molecule has 2 bridgehead atoms. The first-order valence-electron chi connectivity index (χ1n) is 6.16. The van der Waals surface area contributed by atoms with E-state index in [0.29, 0.717) is 5.06 Å². The molecule has 12 nitrogen and oxygen atoms in total. The van der Waals surface area contributed by atoms with Crippen LogP contribution in [0.25, 0.3) is 0 Å². The predicted octanol–water partition coefficient (Wildman–Crippen LogP) is -2.48. The molecule has 0 aromatic rings. The summed E-state index contributed by atoms with van der Waals surface area (Å²) in [4.78, 5) is 40.1. The number of rotatable bonds is 6. The zero-order valence-corrected chi connectivity index (χ0v) is 12.0. The smallest absolute Gasteiger partial charge is 0.368 e. The molecule has 0 unspecified atom stereocenters. The Kier molecular flexibility index (Phi) is 4.50. The van der Waals surface area contributed by atoms with Crippen LogP contribution in [-0.4, -0.2) is 66.0 Å². The molecule has 13 heteroatoms. The Hall–Kier alpha value is -1.96. The van der Waals surface area contributed by atoms with Crippen molar-refractivity contribution >= 4 is 28.2 Å². The lowest BCUT2D eigenvalue weighted by atomic mass is 10.0. The van der Waals surface area contributed by atoms with Gasteiger partial charge >= 0.3 is 16.4 Å². The van der Waals surface area contributed by atoms with Gasteiger partial charge in [-0.3, -0.25) is 19.0 Å². The van der Waals surface area contributed by atoms with Crippen LogP contribution in [0.5, 0.6) is 0 Å². The van der Waals surface area contributed by atoms with Crippen LogP contribution >= 0.6 is 0 Å². The Morgan fingerprint density at radius 2 is 2.09 bits per heavy atom. The summed E-state index contributed by atoms with van der Waals surface area (Å²) in [5.74, 6) is -1.46. The van der Waals surface area contributed by atoms with Crippen molar-refractivity contribution < 1.29 is 36.5 Å². The number of amides is 4. The summed E-state index contributed by atoms with van der Waals surface area (Å²) in [5.41, 5.74) is 6.82. The second-order valence-corrected chi connectivity index (χ2v) is 5.74. The van der Waals surface area contributed by atoms with Gasteiger partial charge in [0, 0.05) is 6.54 Å². The van der Waals surface area contributed by atoms with Crippen molar-refractivity contribution in [1.82, 2.24) is 15.4 Å². The molecule has 2 heterocycles. The van der Waals surface area contributed by atoms with E-state index in [1.807, 2.05) is 5.48 Å². The molecule has 0 radical (unpaired) electrons. The Balaban J connectivity index is 1.99. The van der Waals surface area contributed by atoms with Crippen LogP contribution in [0.2, 0.25) is 0 Å². The first-order chi connectivity index (χ1) is 10.2. The van der Waals surface area contributed by atoms with Crippen LogP contribution in [0, 0.1) is 0 Å². The Morgan fingerprint density at radius 3 is 2.68 bits per heavy atom. The second-order valence-electron chi connectivity index (χ2n) is 4.73. The quantitative estimate of drug-likeness (QED) is 0.353. The number of carbonyl (C=O) groups is 3. The van der Waals surface area contributed by atoms with Crippen LogP contribution in [-0.2, 0) is 29.1 Å². The molecule has 0 spiro atoms. The Morgan fingerprint density at radius 1 is 1.41 bits per heavy atom. The van der Waals surface area contributed by atoms with Crippen molar-refractivity contribution in [2.24, 2.45) is 5.73 Å². The molecule has 0 saturated carbocycles. The summed E-state index contributed by atoms with van der Waals surface area (Å²) in [6.45, 7) is -0.463. The van der Waals surface area contributed by atoms with Gasteiger partial charge in [-0.15, -0.1) is 4.28 Å². The number of hydrogen-bond donors (Lipinski definition) is 3. The van der Waals surface area contributed by atoms with Crippen molar-refractivity contribution in [3.63, 3.8) is 0 Å². The molecule has 0 aliphatic carbocycles. The van der Waals surface area contributed by atoms with Gasteiger partial charge in [0.05, 0.1) is 6.04 Å². The monoisotopic (exact) mass is 338 g/mol. The van der Waals surface area contributed by atoms with Crippen LogP contribution < -0.4 is 11.2 Å². The highest BCUT2D eigenvalue weighted by Gasteiger charge is 2.49. The summed E-state index contributed by atoms with van der Waals surface area (Å²) in [7, 11) is -4.84. The third kappa shape index (κ3) is 3.62. The lowest BCUT2D eigenvalue weighted by Gasteiger charge is -2.28. The maximum absolute atomic E-state index is 12.0. The number of fused-ring (bicyclic) bond motifs is 2. The number of nitrogens with two attached hydrogens (primary N) is 1. The zero-order valence-electron chi connectivity index (χ0n) is 11.2. The van der Waals surface area contributed by atoms with Crippen LogP contribution in [0.1, 0.15) is 12.8 Å². The first kappa shape index (κ1) is 16.4. The highest BCUT2D eigenvalue weighted by atomic mass is 32.3. The van der Waals surface area contributed by atoms with Crippen molar-refractivity contribution in [1.29, 1.82) is 0 Å². The highest BCUT2D eigenvalue weighted by Crippen LogP contribution is 2.30. The van der Waals surface area contributed by atoms with E-state index in [1.165, 1.54) is 0 Å². The van der Waals surface area contributed by atoms with Crippen LogP contribution in [0.3, 0.4) is 0 Å². The van der Waals surface area contributed by atoms with Gasteiger partial charge in [-0.2, -0.15) is 13.5 Å². The molecule has 0 aromatic heterocycles. The van der Waals surface area contributed by atoms with E-state index in [1.54, 1.807) is 0 Å². The number of nitrogens with one attached hydrogen (secondary N) is 1. The molecule has 4 N–H and O–H groups in total. The largest absolute Gasteiger partial charge is 0.418 e. The van der Waals surface area contributed by atoms with E-state index >= 15 is 0 Å². The predicted molar refractivity (Wildman–Crippen MR) is 66.7 cm³/mol. The standard InChI is InChI=1S/C9H14N4O8S/c10-7(14)4-20-11-8(15)6-2-1-5-3-12(6)9(16)13(5)21-22(17,18)19/h5-6H,1-4H2,(H2,10,14)(H,11,15)(H,17,18,19)/t5-,6+/m0/s1. The van der Waals surface area contributed by atoms with Gasteiger partial charge in [0.2, 0.25) is 5.91 Å². The molecule has 2 aliphatic heterocycles. The van der Waals surface area contributed by atoms with E-state index in [4.69, 9.17) is 10.3 Å². The summed E-state index contributed by atoms with van der Waals surface area (Å²) < 4.78 is 34.3. The zero-order chi connectivity index (χ0) is 16.5. The van der Waals surface area contributed by atoms with E-state index in [9.17, 15) is 22.8 Å². The topological polar surface area (TPSA) is 169 Å². The molecular formula is C9H14N4O8S. The van der Waals surface area contributed by atoms with Crippen molar-refractivity contribution in [2.75, 3.05) is 13.2 Å². The van der Waals surface area contributed by atoms with Gasteiger partial charge in [0.1, 0.15) is 6.04 Å². The molecule has 2 fully saturated rings. The van der Waals surface area contributed by atoms with E-state index in [0.717, 1.165) is 4.90 Å². The van der Waals surface area contributed by atoms with E-state index in [-0.39, 0.29) is 19.4 Å². The number of urea groups is 1. The van der Waals surface area contributed by atoms with Crippen molar-refractivity contribution in [3.05, 3.63) is 0 Å². The molecule has 2 aliphatic rings.